The van der Waals surface area contributed by atoms with E-state index in [1.165, 1.54) is 12.1 Å². The molecule has 6 nitrogen and oxygen atoms in total. The van der Waals surface area contributed by atoms with Crippen LogP contribution in [0, 0.1) is 0 Å². The molecule has 0 spiro atoms. The predicted molar refractivity (Wildman–Crippen MR) is 101 cm³/mol. The normalized spacial score (nSPS) is 17.6. The summed E-state index contributed by atoms with van der Waals surface area (Å²) in [4.78, 5) is 4.14. The minimum atomic E-state index is -4.67. The molecule has 0 radical (unpaired) electrons. The molecule has 1 aromatic rings. The molecule has 28 heavy (non-hydrogen) atoms. The van der Waals surface area contributed by atoms with Gasteiger partial charge in [0.15, 0.2) is 5.96 Å². The summed E-state index contributed by atoms with van der Waals surface area (Å²) in [7, 11) is 1.69. The van der Waals surface area contributed by atoms with Gasteiger partial charge in [0, 0.05) is 33.4 Å². The fourth-order valence-electron chi connectivity index (χ4n) is 2.78. The standard InChI is InChI=1S/C19H28F3N3O3/c1-23-18(24-10-3-12-26-14-17-4-2-13-27-17)25-11-9-15-5-7-16(8-6-15)28-19(20,21)22/h5-8,17H,2-4,9-14H2,1H3,(H2,23,24,25). The number of aliphatic imine (C=N–C) groups is 1. The van der Waals surface area contributed by atoms with Gasteiger partial charge in [0.25, 0.3) is 0 Å². The zero-order valence-corrected chi connectivity index (χ0v) is 16.1. The zero-order chi connectivity index (χ0) is 20.2. The maximum atomic E-state index is 12.1. The Balaban J connectivity index is 1.55. The zero-order valence-electron chi connectivity index (χ0n) is 16.1. The molecule has 0 bridgehead atoms. The summed E-state index contributed by atoms with van der Waals surface area (Å²) in [6.07, 6.45) is -0.727. The molecule has 1 heterocycles. The monoisotopic (exact) mass is 403 g/mol. The van der Waals surface area contributed by atoms with Crippen molar-refractivity contribution < 1.29 is 27.4 Å². The van der Waals surface area contributed by atoms with E-state index in [1.54, 1.807) is 19.2 Å². The largest absolute Gasteiger partial charge is 0.573 e. The molecule has 0 saturated carbocycles. The number of halogens is 3. The molecular weight excluding hydrogens is 375 g/mol. The highest BCUT2D eigenvalue weighted by Crippen LogP contribution is 2.22. The van der Waals surface area contributed by atoms with Crippen LogP contribution in [0.25, 0.3) is 0 Å². The maximum Gasteiger partial charge on any atom is 0.573 e. The molecule has 1 aliphatic heterocycles. The number of guanidine groups is 1. The highest BCUT2D eigenvalue weighted by atomic mass is 19.4. The minimum absolute atomic E-state index is 0.219. The molecule has 1 atom stereocenters. The molecule has 158 valence electrons. The Morgan fingerprint density at radius 2 is 1.96 bits per heavy atom. The Morgan fingerprint density at radius 1 is 1.21 bits per heavy atom. The second kappa shape index (κ2) is 11.8. The van der Waals surface area contributed by atoms with Gasteiger partial charge in [0.05, 0.1) is 12.7 Å². The summed E-state index contributed by atoms with van der Waals surface area (Å²) in [6.45, 7) is 3.49. The first-order chi connectivity index (χ1) is 13.5. The van der Waals surface area contributed by atoms with Crippen molar-refractivity contribution in [2.75, 3.05) is 40.0 Å². The van der Waals surface area contributed by atoms with Gasteiger partial charge < -0.3 is 24.8 Å². The van der Waals surface area contributed by atoms with Crippen LogP contribution in [0.15, 0.2) is 29.3 Å². The summed E-state index contributed by atoms with van der Waals surface area (Å²) in [5, 5.41) is 6.37. The Bertz CT molecular complexity index is 588. The van der Waals surface area contributed by atoms with E-state index >= 15 is 0 Å². The van der Waals surface area contributed by atoms with Crippen LogP contribution in [0.4, 0.5) is 13.2 Å². The van der Waals surface area contributed by atoms with E-state index in [0.29, 0.717) is 32.1 Å². The van der Waals surface area contributed by atoms with E-state index in [9.17, 15) is 13.2 Å². The molecule has 0 amide bonds. The number of benzene rings is 1. The average molecular weight is 403 g/mol. The molecule has 0 aromatic heterocycles. The van der Waals surface area contributed by atoms with Crippen molar-refractivity contribution in [2.24, 2.45) is 4.99 Å². The molecule has 1 fully saturated rings. The quantitative estimate of drug-likeness (QED) is 0.357. The van der Waals surface area contributed by atoms with Crippen LogP contribution in [0.3, 0.4) is 0 Å². The Kier molecular flexibility index (Phi) is 9.36. The molecule has 1 saturated heterocycles. The lowest BCUT2D eigenvalue weighted by atomic mass is 10.1. The SMILES string of the molecule is CN=C(NCCCOCC1CCCO1)NCCc1ccc(OC(F)(F)F)cc1. The van der Waals surface area contributed by atoms with Gasteiger partial charge in [-0.3, -0.25) is 4.99 Å². The van der Waals surface area contributed by atoms with Crippen molar-refractivity contribution in [3.05, 3.63) is 29.8 Å². The van der Waals surface area contributed by atoms with Crippen LogP contribution in [0.2, 0.25) is 0 Å². The molecular formula is C19H28F3N3O3. The average Bonchev–Trinajstić information content (AvgIpc) is 3.16. The fraction of sp³-hybridized carbons (Fsp3) is 0.632. The summed E-state index contributed by atoms with van der Waals surface area (Å²) >= 11 is 0. The molecule has 1 unspecified atom stereocenters. The predicted octanol–water partition coefficient (Wildman–Crippen LogP) is 2.88. The topological polar surface area (TPSA) is 64.1 Å². The van der Waals surface area contributed by atoms with Gasteiger partial charge in [-0.05, 0) is 43.4 Å². The number of alkyl halides is 3. The number of hydrogen-bond acceptors (Lipinski definition) is 4. The van der Waals surface area contributed by atoms with Crippen LogP contribution in [0.1, 0.15) is 24.8 Å². The fourth-order valence-corrected chi connectivity index (χ4v) is 2.78. The van der Waals surface area contributed by atoms with Gasteiger partial charge in [0.2, 0.25) is 0 Å². The van der Waals surface area contributed by atoms with Crippen molar-refractivity contribution in [3.63, 3.8) is 0 Å². The van der Waals surface area contributed by atoms with Crippen molar-refractivity contribution in [2.45, 2.75) is 38.1 Å². The summed E-state index contributed by atoms with van der Waals surface area (Å²) in [5.41, 5.74) is 0.903. The molecule has 1 aliphatic rings. The number of rotatable bonds is 10. The summed E-state index contributed by atoms with van der Waals surface area (Å²) < 4.78 is 51.4. The number of hydrogen-bond donors (Lipinski definition) is 2. The first-order valence-electron chi connectivity index (χ1n) is 9.45. The van der Waals surface area contributed by atoms with Crippen LogP contribution in [-0.2, 0) is 15.9 Å². The number of nitrogens with one attached hydrogen (secondary N) is 2. The smallest absolute Gasteiger partial charge is 0.406 e. The van der Waals surface area contributed by atoms with Crippen molar-refractivity contribution >= 4 is 5.96 Å². The van der Waals surface area contributed by atoms with E-state index in [1.807, 2.05) is 0 Å². The van der Waals surface area contributed by atoms with E-state index in [0.717, 1.165) is 38.0 Å². The minimum Gasteiger partial charge on any atom is -0.406 e. The van der Waals surface area contributed by atoms with Gasteiger partial charge in [-0.2, -0.15) is 0 Å². The lowest BCUT2D eigenvalue weighted by molar-refractivity contribution is -0.274. The van der Waals surface area contributed by atoms with Gasteiger partial charge >= 0.3 is 6.36 Å². The third-order valence-electron chi connectivity index (χ3n) is 4.17. The highest BCUT2D eigenvalue weighted by Gasteiger charge is 2.30. The first kappa shape index (κ1) is 22.3. The third-order valence-corrected chi connectivity index (χ3v) is 4.17. The van der Waals surface area contributed by atoms with Gasteiger partial charge in [-0.15, -0.1) is 13.2 Å². The Morgan fingerprint density at radius 3 is 2.61 bits per heavy atom. The molecule has 2 N–H and O–H groups in total. The Hall–Kier alpha value is -2.00. The van der Waals surface area contributed by atoms with Crippen LogP contribution in [-0.4, -0.2) is 58.4 Å². The van der Waals surface area contributed by atoms with Gasteiger partial charge in [0.1, 0.15) is 5.75 Å². The van der Waals surface area contributed by atoms with E-state index in [4.69, 9.17) is 9.47 Å². The van der Waals surface area contributed by atoms with Crippen molar-refractivity contribution in [1.82, 2.24) is 10.6 Å². The van der Waals surface area contributed by atoms with Gasteiger partial charge in [-0.25, -0.2) is 0 Å². The Labute approximate surface area is 163 Å². The van der Waals surface area contributed by atoms with Crippen LogP contribution >= 0.6 is 0 Å². The van der Waals surface area contributed by atoms with Crippen LogP contribution < -0.4 is 15.4 Å². The van der Waals surface area contributed by atoms with Crippen molar-refractivity contribution in [1.29, 1.82) is 0 Å². The molecule has 9 heteroatoms. The first-order valence-corrected chi connectivity index (χ1v) is 9.45. The maximum absolute atomic E-state index is 12.1. The highest BCUT2D eigenvalue weighted by molar-refractivity contribution is 5.79. The van der Waals surface area contributed by atoms with Crippen molar-refractivity contribution in [3.8, 4) is 5.75 Å². The molecule has 0 aliphatic carbocycles. The summed E-state index contributed by atoms with van der Waals surface area (Å²) in [5.74, 6) is 0.458. The van der Waals surface area contributed by atoms with Crippen LogP contribution in [0.5, 0.6) is 5.75 Å². The molecule has 2 rings (SSSR count). The number of nitrogens with zero attached hydrogens (tertiary/aromatic N) is 1. The second-order valence-electron chi connectivity index (χ2n) is 6.43. The van der Waals surface area contributed by atoms with E-state index < -0.39 is 6.36 Å². The number of ether oxygens (including phenoxy) is 3. The lowest BCUT2D eigenvalue weighted by Crippen LogP contribution is -2.39. The van der Waals surface area contributed by atoms with Gasteiger partial charge in [-0.1, -0.05) is 12.1 Å². The second-order valence-corrected chi connectivity index (χ2v) is 6.43. The van der Waals surface area contributed by atoms with E-state index in [-0.39, 0.29) is 11.9 Å². The molecule has 1 aromatic carbocycles. The summed E-state index contributed by atoms with van der Waals surface area (Å²) in [6, 6.07) is 5.85. The van der Waals surface area contributed by atoms with E-state index in [2.05, 4.69) is 20.4 Å². The third kappa shape index (κ3) is 9.27. The lowest BCUT2D eigenvalue weighted by Gasteiger charge is -2.13.